The number of sulfone groups is 1. The van der Waals surface area contributed by atoms with Crippen LogP contribution in [0.1, 0.15) is 48.8 Å². The van der Waals surface area contributed by atoms with Gasteiger partial charge >= 0.3 is 5.97 Å². The zero-order chi connectivity index (χ0) is 30.2. The fraction of sp³-hybridized carbons (Fsp3) is 0.310. The van der Waals surface area contributed by atoms with Gasteiger partial charge in [0.1, 0.15) is 4.21 Å². The van der Waals surface area contributed by atoms with Crippen molar-refractivity contribution < 1.29 is 27.7 Å². The summed E-state index contributed by atoms with van der Waals surface area (Å²) in [5, 5.41) is 14.0. The second-order valence-electron chi connectivity index (χ2n) is 11.1. The number of ether oxygens (including phenoxy) is 1. The Labute approximate surface area is 246 Å². The first-order valence-corrected chi connectivity index (χ1v) is 15.5. The average molecular weight is 609 g/mol. The molecule has 1 amide bonds. The van der Waals surface area contributed by atoms with E-state index in [-0.39, 0.29) is 25.3 Å². The van der Waals surface area contributed by atoms with E-state index in [2.05, 4.69) is 31.1 Å². The maximum atomic E-state index is 13.4. The van der Waals surface area contributed by atoms with Gasteiger partial charge in [-0.25, -0.2) is 18.2 Å². The monoisotopic (exact) mass is 608 g/mol. The SMILES string of the molecule is CC(C)(C)C1CCc2nc3ccccc3c(C(=O)OCC(=O)Nc3ncc(S(=O)(=O)c4ccc([N+](=O)[O-])cc4)s3)c2C1. The van der Waals surface area contributed by atoms with E-state index in [4.69, 9.17) is 9.72 Å². The molecule has 1 unspecified atom stereocenters. The van der Waals surface area contributed by atoms with E-state index in [1.807, 2.05) is 24.3 Å². The highest BCUT2D eigenvalue weighted by molar-refractivity contribution is 7.93. The molecule has 4 aromatic rings. The summed E-state index contributed by atoms with van der Waals surface area (Å²) in [6, 6.07) is 11.8. The van der Waals surface area contributed by atoms with Crippen molar-refractivity contribution in [2.45, 2.75) is 49.1 Å². The number of anilines is 1. The summed E-state index contributed by atoms with van der Waals surface area (Å²) >= 11 is 0.713. The number of nitro groups is 1. The minimum absolute atomic E-state index is 0.00343. The first-order valence-electron chi connectivity index (χ1n) is 13.2. The smallest absolute Gasteiger partial charge is 0.339 e. The molecular weight excluding hydrogens is 580 g/mol. The maximum absolute atomic E-state index is 13.4. The van der Waals surface area contributed by atoms with Crippen LogP contribution >= 0.6 is 11.3 Å². The van der Waals surface area contributed by atoms with Crippen LogP contribution in [0.4, 0.5) is 10.8 Å². The van der Waals surface area contributed by atoms with E-state index < -0.39 is 33.2 Å². The lowest BCUT2D eigenvalue weighted by atomic mass is 9.70. The van der Waals surface area contributed by atoms with Gasteiger partial charge in [-0.05, 0) is 54.4 Å². The van der Waals surface area contributed by atoms with Gasteiger partial charge < -0.3 is 4.74 Å². The number of carbonyl (C=O) groups is 2. The molecule has 0 fully saturated rings. The van der Waals surface area contributed by atoms with Crippen LogP contribution in [0.5, 0.6) is 0 Å². The zero-order valence-corrected chi connectivity index (χ0v) is 24.8. The Morgan fingerprint density at radius 1 is 1.14 bits per heavy atom. The molecule has 0 saturated heterocycles. The summed E-state index contributed by atoms with van der Waals surface area (Å²) < 4.78 is 31.1. The second kappa shape index (κ2) is 11.2. The molecule has 0 saturated carbocycles. The van der Waals surface area contributed by atoms with E-state index in [9.17, 15) is 28.1 Å². The van der Waals surface area contributed by atoms with Gasteiger partial charge in [0.15, 0.2) is 11.7 Å². The van der Waals surface area contributed by atoms with Crippen molar-refractivity contribution >= 4 is 54.8 Å². The van der Waals surface area contributed by atoms with Crippen molar-refractivity contribution in [2.75, 3.05) is 11.9 Å². The van der Waals surface area contributed by atoms with Gasteiger partial charge in [-0.1, -0.05) is 50.3 Å². The lowest BCUT2D eigenvalue weighted by Crippen LogP contribution is -2.29. The van der Waals surface area contributed by atoms with Gasteiger partial charge in [0.2, 0.25) is 9.84 Å². The molecule has 0 spiro atoms. The molecular formula is C29H28N4O7S2. The molecule has 1 aliphatic rings. The summed E-state index contributed by atoms with van der Waals surface area (Å²) in [5.41, 5.74) is 2.63. The van der Waals surface area contributed by atoms with Crippen LogP contribution in [-0.2, 0) is 32.2 Å². The zero-order valence-electron chi connectivity index (χ0n) is 23.1. The van der Waals surface area contributed by atoms with E-state index in [0.29, 0.717) is 40.1 Å². The Bertz CT molecular complexity index is 1810. The van der Waals surface area contributed by atoms with Gasteiger partial charge in [0.05, 0.1) is 27.1 Å². The predicted octanol–water partition coefficient (Wildman–Crippen LogP) is 5.38. The van der Waals surface area contributed by atoms with Crippen molar-refractivity contribution in [3.63, 3.8) is 0 Å². The number of para-hydroxylation sites is 1. The molecule has 42 heavy (non-hydrogen) atoms. The van der Waals surface area contributed by atoms with Gasteiger partial charge in [0.25, 0.3) is 11.6 Å². The molecule has 13 heteroatoms. The van der Waals surface area contributed by atoms with Crippen molar-refractivity contribution in [1.82, 2.24) is 9.97 Å². The third-order valence-electron chi connectivity index (χ3n) is 7.38. The molecule has 2 aromatic heterocycles. The van der Waals surface area contributed by atoms with Gasteiger partial charge in [0, 0.05) is 23.2 Å². The molecule has 2 heterocycles. The number of carbonyl (C=O) groups excluding carboxylic acids is 2. The predicted molar refractivity (Wildman–Crippen MR) is 156 cm³/mol. The van der Waals surface area contributed by atoms with E-state index in [0.717, 1.165) is 54.6 Å². The third kappa shape index (κ3) is 5.88. The van der Waals surface area contributed by atoms with Crippen LogP contribution in [0.2, 0.25) is 0 Å². The number of nitrogens with one attached hydrogen (secondary N) is 1. The molecule has 0 radical (unpaired) electrons. The number of pyridine rings is 1. The van der Waals surface area contributed by atoms with E-state index >= 15 is 0 Å². The number of fused-ring (bicyclic) bond motifs is 2. The Kier molecular flexibility index (Phi) is 7.82. The van der Waals surface area contributed by atoms with Crippen LogP contribution < -0.4 is 5.32 Å². The number of hydrogen-bond donors (Lipinski definition) is 1. The highest BCUT2D eigenvalue weighted by atomic mass is 32.2. The first kappa shape index (κ1) is 29.3. The van der Waals surface area contributed by atoms with Gasteiger partial charge in [-0.15, -0.1) is 0 Å². The van der Waals surface area contributed by atoms with Crippen LogP contribution in [0, 0.1) is 21.4 Å². The largest absolute Gasteiger partial charge is 0.452 e. The topological polar surface area (TPSA) is 158 Å². The van der Waals surface area contributed by atoms with Crippen LogP contribution in [0.3, 0.4) is 0 Å². The first-order chi connectivity index (χ1) is 19.8. The summed E-state index contributed by atoms with van der Waals surface area (Å²) in [7, 11) is -4.01. The summed E-state index contributed by atoms with van der Waals surface area (Å²) in [6.07, 6.45) is 3.48. The van der Waals surface area contributed by atoms with Crippen LogP contribution in [0.25, 0.3) is 10.9 Å². The summed E-state index contributed by atoms with van der Waals surface area (Å²) in [5.74, 6) is -0.962. The number of esters is 1. The number of benzene rings is 2. The normalized spacial score (nSPS) is 15.2. The van der Waals surface area contributed by atoms with Crippen molar-refractivity contribution in [3.8, 4) is 0 Å². The number of amides is 1. The van der Waals surface area contributed by atoms with Crippen molar-refractivity contribution in [3.05, 3.63) is 81.7 Å². The van der Waals surface area contributed by atoms with E-state index in [1.165, 1.54) is 0 Å². The van der Waals surface area contributed by atoms with Crippen molar-refractivity contribution in [2.24, 2.45) is 11.3 Å². The number of aromatic nitrogens is 2. The molecule has 2 aromatic carbocycles. The van der Waals surface area contributed by atoms with Gasteiger partial charge in [-0.3, -0.25) is 25.2 Å². The molecule has 1 atom stereocenters. The Morgan fingerprint density at radius 2 is 1.86 bits per heavy atom. The van der Waals surface area contributed by atoms with E-state index in [1.54, 1.807) is 0 Å². The molecule has 0 bridgehead atoms. The number of thiazole rings is 1. The molecule has 11 nitrogen and oxygen atoms in total. The number of rotatable bonds is 7. The quantitative estimate of drug-likeness (QED) is 0.165. The molecule has 5 rings (SSSR count). The Balaban J connectivity index is 1.30. The lowest BCUT2D eigenvalue weighted by Gasteiger charge is -2.35. The number of hydrogen-bond acceptors (Lipinski definition) is 10. The lowest BCUT2D eigenvalue weighted by molar-refractivity contribution is -0.384. The highest BCUT2D eigenvalue weighted by Crippen LogP contribution is 2.39. The Hall–Kier alpha value is -4.23. The Morgan fingerprint density at radius 3 is 2.55 bits per heavy atom. The van der Waals surface area contributed by atoms with Gasteiger partial charge in [-0.2, -0.15) is 0 Å². The molecule has 1 aliphatic carbocycles. The molecule has 218 valence electrons. The third-order valence-corrected chi connectivity index (χ3v) is 10.5. The summed E-state index contributed by atoms with van der Waals surface area (Å²) in [4.78, 5) is 45.0. The summed E-state index contributed by atoms with van der Waals surface area (Å²) in [6.45, 7) is 5.94. The van der Waals surface area contributed by atoms with Crippen LogP contribution in [-0.4, -0.2) is 41.8 Å². The molecule has 0 aliphatic heterocycles. The standard InChI is InChI=1S/C29H28N4O7S2/c1-29(2,3)17-8-13-23-21(14-17)26(20-6-4-5-7-22(20)31-23)27(35)40-16-24(34)32-28-30-15-25(41-28)42(38,39)19-11-9-18(10-12-19)33(36)37/h4-7,9-12,15,17H,8,13-14,16H2,1-3H3,(H,30,32,34). The van der Waals surface area contributed by atoms with Crippen LogP contribution in [0.15, 0.2) is 63.8 Å². The number of aryl methyl sites for hydroxylation is 1. The van der Waals surface area contributed by atoms with Crippen molar-refractivity contribution in [1.29, 1.82) is 0 Å². The minimum atomic E-state index is -4.01. The highest BCUT2D eigenvalue weighted by Gasteiger charge is 2.33. The average Bonchev–Trinajstić information content (AvgIpc) is 3.43. The number of nitrogens with zero attached hydrogens (tertiary/aromatic N) is 3. The minimum Gasteiger partial charge on any atom is -0.452 e. The molecule has 1 N–H and O–H groups in total. The number of nitro benzene ring substituents is 1. The second-order valence-corrected chi connectivity index (χ2v) is 14.3. The fourth-order valence-corrected chi connectivity index (χ4v) is 7.47. The fourth-order valence-electron chi connectivity index (χ4n) is 5.02. The number of non-ortho nitro benzene ring substituents is 1. The maximum Gasteiger partial charge on any atom is 0.339 e.